The van der Waals surface area contributed by atoms with Crippen molar-refractivity contribution in [2.24, 2.45) is 10.5 Å². The van der Waals surface area contributed by atoms with Crippen molar-refractivity contribution in [3.05, 3.63) is 10.4 Å². The van der Waals surface area contributed by atoms with E-state index >= 15 is 0 Å². The Hall–Kier alpha value is -6.07. The first kappa shape index (κ1) is 109. The first-order valence-corrected chi connectivity index (χ1v) is 43.5. The molecule has 8 heterocycles. The van der Waals surface area contributed by atoms with Crippen molar-refractivity contribution in [1.29, 1.82) is 0 Å². The lowest BCUT2D eigenvalue weighted by Gasteiger charge is -2.42. The average molecular weight is 1910 g/mol. The summed E-state index contributed by atoms with van der Waals surface area (Å²) in [6.07, 6.45) is -23.4. The number of hydrogen-bond acceptors (Lipinski definition) is 34. The fourth-order valence-electron chi connectivity index (χ4n) is 15.8. The Balaban J connectivity index is 0.633. The van der Waals surface area contributed by atoms with Crippen LogP contribution in [0.5, 0.6) is 0 Å². The van der Waals surface area contributed by atoms with E-state index in [1.807, 2.05) is 16.0 Å². The number of rotatable bonds is 66. The predicted molar refractivity (Wildman–Crippen MR) is 423 cm³/mol. The minimum absolute atomic E-state index is 0.0113. The molecule has 0 aromatic heterocycles. The maximum absolute atomic E-state index is 13.7. The van der Waals surface area contributed by atoms with Crippen LogP contribution in [0.15, 0.2) is 5.11 Å². The maximum atomic E-state index is 13.7. The van der Waals surface area contributed by atoms with Gasteiger partial charge in [-0.3, -0.25) is 33.6 Å². The van der Waals surface area contributed by atoms with Gasteiger partial charge in [-0.25, -0.2) is 0 Å². The van der Waals surface area contributed by atoms with Gasteiger partial charge in [-0.15, -0.1) is 0 Å². The van der Waals surface area contributed by atoms with E-state index < -0.39 is 155 Å². The second-order valence-corrected chi connectivity index (χ2v) is 33.6. The molecule has 1 saturated carbocycles. The minimum Gasteiger partial charge on any atom is -0.378 e. The lowest BCUT2D eigenvalue weighted by molar-refractivity contribution is -0.218. The van der Waals surface area contributed by atoms with E-state index in [9.17, 15) is 73.1 Å². The molecule has 9 aliphatic rings. The van der Waals surface area contributed by atoms with Gasteiger partial charge in [0.25, 0.3) is 0 Å². The molecule has 16 atom stereocenters. The molecule has 0 aromatic carbocycles. The van der Waals surface area contributed by atoms with Crippen molar-refractivity contribution in [2.75, 3.05) is 244 Å². The van der Waals surface area contributed by atoms with Crippen LogP contribution < -0.4 is 37.2 Å². The van der Waals surface area contributed by atoms with Gasteiger partial charge in [0.1, 0.15) is 59.3 Å². The van der Waals surface area contributed by atoms with Gasteiger partial charge in [-0.1, -0.05) is 5.11 Å². The van der Waals surface area contributed by atoms with E-state index in [4.69, 9.17) is 129 Å². The van der Waals surface area contributed by atoms with Crippen LogP contribution in [0, 0.1) is 5.41 Å². The summed E-state index contributed by atoms with van der Waals surface area (Å²) in [4.78, 5) is 91.0. The molecule has 9 rings (SSSR count). The van der Waals surface area contributed by atoms with Gasteiger partial charge < -0.3 is 160 Å². The number of ether oxygens (including phenoxy) is 26. The molecule has 7 N–H and O–H groups in total. The number of alkyl halides is 9. The molecule has 6 bridgehead atoms. The van der Waals surface area contributed by atoms with Crippen molar-refractivity contribution in [1.82, 2.24) is 37.2 Å². The second kappa shape index (κ2) is 51.9. The minimum atomic E-state index is -5.14. The number of carbonyl (C=O) groups is 7. The van der Waals surface area contributed by atoms with E-state index in [2.05, 4.69) is 31.3 Å². The normalized spacial score (nSPS) is 28.1. The molecule has 7 amide bonds. The van der Waals surface area contributed by atoms with E-state index in [0.717, 1.165) is 0 Å². The highest BCUT2D eigenvalue weighted by molar-refractivity contribution is 5.83. The van der Waals surface area contributed by atoms with Gasteiger partial charge in [-0.05, 0) is 66.3 Å². The molecule has 131 heavy (non-hydrogen) atoms. The van der Waals surface area contributed by atoms with Crippen LogP contribution in [0.3, 0.4) is 0 Å². The Kier molecular flexibility index (Phi) is 43.0. The fourth-order valence-corrected chi connectivity index (χ4v) is 15.8. The first-order valence-electron chi connectivity index (χ1n) is 43.5. The van der Waals surface area contributed by atoms with Crippen LogP contribution in [0.4, 0.5) is 39.5 Å². The van der Waals surface area contributed by atoms with E-state index in [1.54, 1.807) is 41.5 Å². The third-order valence-electron chi connectivity index (χ3n) is 21.7. The lowest BCUT2D eigenvalue weighted by atomic mass is 9.70. The Bertz CT molecular complexity index is 3270. The molecule has 52 heteroatoms. The molecule has 752 valence electrons. The number of nitrogens with zero attached hydrogens (tertiary/aromatic N) is 3. The lowest BCUT2D eigenvalue weighted by Crippen LogP contribution is -2.66. The average Bonchev–Trinajstić information content (AvgIpc) is 1.58. The molecule has 0 radical (unpaired) electrons. The van der Waals surface area contributed by atoms with Gasteiger partial charge in [0.05, 0.1) is 236 Å². The number of nitrogens with one attached hydrogen (secondary N) is 7. The summed E-state index contributed by atoms with van der Waals surface area (Å²) in [5, 5.41) is 20.6. The summed E-state index contributed by atoms with van der Waals surface area (Å²) in [6, 6.07) is -3.67. The fraction of sp³-hybridized carbons (Fsp3) is 0.911. The summed E-state index contributed by atoms with van der Waals surface area (Å²) >= 11 is 0. The number of carbonyl (C=O) groups excluding carboxylic acids is 7. The molecule has 0 aromatic rings. The monoisotopic (exact) mass is 1910 g/mol. The predicted octanol–water partition coefficient (Wildman–Crippen LogP) is 0.831. The molecule has 0 spiro atoms. The van der Waals surface area contributed by atoms with E-state index in [-0.39, 0.29) is 294 Å². The zero-order chi connectivity index (χ0) is 94.8. The smallest absolute Gasteiger partial charge is 0.378 e. The van der Waals surface area contributed by atoms with Crippen LogP contribution in [0.2, 0.25) is 0 Å². The highest BCUT2D eigenvalue weighted by atomic mass is 19.4. The highest BCUT2D eigenvalue weighted by Gasteiger charge is 2.70. The van der Waals surface area contributed by atoms with Crippen molar-refractivity contribution in [3.63, 3.8) is 0 Å². The zero-order valence-corrected chi connectivity index (χ0v) is 74.3. The second-order valence-electron chi connectivity index (χ2n) is 33.6. The van der Waals surface area contributed by atoms with Crippen LogP contribution in [0.1, 0.15) is 86.5 Å². The van der Waals surface area contributed by atoms with Gasteiger partial charge in [-0.2, -0.15) is 39.5 Å². The van der Waals surface area contributed by atoms with Crippen LogP contribution in [-0.2, 0) is 157 Å². The maximum Gasteiger partial charge on any atom is 0.471 e. The Labute approximate surface area is 750 Å². The number of amides is 7. The van der Waals surface area contributed by atoms with Gasteiger partial charge in [0, 0.05) is 62.2 Å². The number of azide groups is 1. The van der Waals surface area contributed by atoms with Crippen LogP contribution >= 0.6 is 0 Å². The Morgan fingerprint density at radius 1 is 0.366 bits per heavy atom. The van der Waals surface area contributed by atoms with Gasteiger partial charge >= 0.3 is 36.3 Å². The number of halogens is 9. The Morgan fingerprint density at radius 3 is 1.05 bits per heavy atom. The number of fused-ring (bicyclic) bond motifs is 12. The topological polar surface area (TPSA) is 492 Å². The third kappa shape index (κ3) is 34.5. The first-order chi connectivity index (χ1) is 62.3. The van der Waals surface area contributed by atoms with Crippen molar-refractivity contribution in [2.45, 2.75) is 213 Å². The molecule has 1 aliphatic carbocycles. The van der Waals surface area contributed by atoms with Crippen molar-refractivity contribution < 1.29 is 196 Å². The molecule has 2 unspecified atom stereocenters. The summed E-state index contributed by atoms with van der Waals surface area (Å²) in [6.45, 7) is 12.8. The molecular weight excluding hydrogens is 1790 g/mol. The van der Waals surface area contributed by atoms with Crippen molar-refractivity contribution in [3.8, 4) is 0 Å². The van der Waals surface area contributed by atoms with Gasteiger partial charge in [0.2, 0.25) is 23.6 Å². The standard InChI is InChI=1S/C79H125F9N10O33/c1-70(2)124-59-56(94-67(103)77(80,81)82)51-41-73(43-121-51,62(59)127-70)42-118-38-35-112-32-29-109-26-23-106-20-14-90-52(99)10-17-115-44-74(97-55(102)9-7-8-13-93-98-89,45-116-18-11-53(100)91-15-21-107-24-27-110-30-33-113-36-39-119-47-75-49-122-65(130-75)57(95-68(104)78(83,84)85)60-63(75)128-71(3,4)125-60)46-117-19-12-54(101)92-16-22-108-25-28-111-31-34-114-37-40-120-48-76-50-123-66(131-76)58(96-69(105)79(86,87)88)61-64(76)129-72(5,6)126-61/h51,56-66H,7-50H2,1-6H3,(H,90,99)(H,91,100)(H,92,101)(H,94,103)(H,95,104)(H,96,105)(H,97,102)/t51-,56-,57+,58?,59+,60+,61+,62+,63+,64+,65-,66-,73+,74?,75-,76-/m0/s1. The molecular formula is C79H125F9N10O33. The Morgan fingerprint density at radius 2 is 0.695 bits per heavy atom. The number of hydrogen-bond donors (Lipinski definition) is 7. The summed E-state index contributed by atoms with van der Waals surface area (Å²) < 4.78 is 270. The highest BCUT2D eigenvalue weighted by Crippen LogP contribution is 2.53. The van der Waals surface area contributed by atoms with Crippen molar-refractivity contribution >= 4 is 41.4 Å². The van der Waals surface area contributed by atoms with Gasteiger partial charge in [0.15, 0.2) is 29.9 Å². The molecule has 9 fully saturated rings. The summed E-state index contributed by atoms with van der Waals surface area (Å²) in [5.74, 6) is -11.5. The van der Waals surface area contributed by atoms with E-state index in [0.29, 0.717) is 12.8 Å². The number of unbranched alkanes of at least 4 members (excludes halogenated alkanes) is 1. The SMILES string of the molecule is CC1(C)O[C@@H]2[C@@H](NC(=O)C(F)(F)F)[C@@H]3C[C@@](COCCOCCOCCOCCNC(=O)CCOCC(COCCC(=O)NCCOCCOCCOCCOC[C@@]45CO[C@@H](O4)[C@H](NC(=O)C(F)(F)F)[C@H]4OC(C)(C)O[C@H]45)(COCCC(=O)NCCOCCOCCOCCOC[C@@]45CO[C@@H](O4)C(NC(=O)C(F)(F)F)[C@H]4OC(C)(C)O[C@H]45)NC(=O)CCCCN=[N+]=[N-])(CO3)[C@@H]2O1. The third-order valence-corrected chi connectivity index (χ3v) is 21.7. The summed E-state index contributed by atoms with van der Waals surface area (Å²) in [7, 11) is 0. The largest absolute Gasteiger partial charge is 0.471 e. The molecule has 8 aliphatic heterocycles. The van der Waals surface area contributed by atoms with Crippen LogP contribution in [0.25, 0.3) is 10.4 Å². The zero-order valence-electron chi connectivity index (χ0n) is 74.3. The van der Waals surface area contributed by atoms with Crippen LogP contribution in [-0.4, -0.2) is 412 Å². The quantitative estimate of drug-likeness (QED) is 0.0146. The van der Waals surface area contributed by atoms with E-state index in [1.165, 1.54) is 0 Å². The summed E-state index contributed by atoms with van der Waals surface area (Å²) in [5.41, 5.74) is 4.17. The molecule has 43 nitrogen and oxygen atoms in total. The molecule has 8 saturated heterocycles.